The van der Waals surface area contributed by atoms with E-state index in [1.54, 1.807) is 0 Å². The highest BCUT2D eigenvalue weighted by molar-refractivity contribution is 5.45. The predicted molar refractivity (Wildman–Crippen MR) is 111 cm³/mol. The molecule has 144 valence electrons. The van der Waals surface area contributed by atoms with Gasteiger partial charge in [-0.3, -0.25) is 9.80 Å². The van der Waals surface area contributed by atoms with Crippen molar-refractivity contribution in [3.05, 3.63) is 65.2 Å². The Kier molecular flexibility index (Phi) is 6.10. The molecule has 1 aliphatic carbocycles. The third kappa shape index (κ3) is 4.53. The van der Waals surface area contributed by atoms with Gasteiger partial charge in [-0.2, -0.15) is 0 Å². The summed E-state index contributed by atoms with van der Waals surface area (Å²) in [4.78, 5) is 5.03. The number of rotatable bonds is 7. The molecule has 0 bridgehead atoms. The molecule has 1 atom stereocenters. The first-order valence-electron chi connectivity index (χ1n) is 10.5. The Hall–Kier alpha value is -1.84. The number of ether oxygens (including phenoxy) is 1. The van der Waals surface area contributed by atoms with Crippen LogP contribution in [0.15, 0.2) is 48.5 Å². The summed E-state index contributed by atoms with van der Waals surface area (Å²) in [5, 5.41) is 0. The van der Waals surface area contributed by atoms with Crippen molar-refractivity contribution in [2.45, 2.75) is 44.7 Å². The second kappa shape index (κ2) is 8.90. The fourth-order valence-electron chi connectivity index (χ4n) is 4.63. The first-order valence-corrected chi connectivity index (χ1v) is 10.5. The minimum Gasteiger partial charge on any atom is -0.492 e. The Morgan fingerprint density at radius 1 is 1.00 bits per heavy atom. The molecule has 0 radical (unpaired) electrons. The summed E-state index contributed by atoms with van der Waals surface area (Å²) in [6.45, 7) is 5.18. The van der Waals surface area contributed by atoms with Gasteiger partial charge in [-0.25, -0.2) is 0 Å². The molecule has 2 aromatic rings. The monoisotopic (exact) mass is 364 g/mol. The highest BCUT2D eigenvalue weighted by Crippen LogP contribution is 2.41. The van der Waals surface area contributed by atoms with Gasteiger partial charge >= 0.3 is 0 Å². The maximum Gasteiger partial charge on any atom is 0.122 e. The Morgan fingerprint density at radius 3 is 2.63 bits per heavy atom. The van der Waals surface area contributed by atoms with Gasteiger partial charge in [0.1, 0.15) is 12.4 Å². The van der Waals surface area contributed by atoms with E-state index in [0.717, 1.165) is 31.9 Å². The fraction of sp³-hybridized carbons (Fsp3) is 0.500. The van der Waals surface area contributed by atoms with Gasteiger partial charge in [0.05, 0.1) is 0 Å². The molecule has 0 N–H and O–H groups in total. The van der Waals surface area contributed by atoms with Crippen molar-refractivity contribution in [2.75, 3.05) is 33.3 Å². The van der Waals surface area contributed by atoms with E-state index >= 15 is 0 Å². The van der Waals surface area contributed by atoms with E-state index in [1.165, 1.54) is 55.5 Å². The van der Waals surface area contributed by atoms with E-state index in [9.17, 15) is 0 Å². The molecule has 3 heteroatoms. The van der Waals surface area contributed by atoms with Crippen molar-refractivity contribution in [3.63, 3.8) is 0 Å². The number of piperidine rings is 1. The first-order chi connectivity index (χ1) is 13.3. The molecular formula is C24H32N2O. The van der Waals surface area contributed by atoms with E-state index in [2.05, 4.69) is 65.4 Å². The molecule has 27 heavy (non-hydrogen) atoms. The lowest BCUT2D eigenvalue weighted by Crippen LogP contribution is -2.32. The van der Waals surface area contributed by atoms with Crippen LogP contribution in [0.3, 0.4) is 0 Å². The third-order valence-electron chi connectivity index (χ3n) is 6.05. The number of benzene rings is 2. The number of nitrogens with zero attached hydrogens (tertiary/aromatic N) is 2. The van der Waals surface area contributed by atoms with Crippen molar-refractivity contribution in [1.29, 1.82) is 0 Å². The van der Waals surface area contributed by atoms with Gasteiger partial charge in [-0.05, 0) is 68.6 Å². The largest absolute Gasteiger partial charge is 0.492 e. The predicted octanol–water partition coefficient (Wildman–Crippen LogP) is 4.67. The molecule has 0 amide bonds. The molecule has 0 spiro atoms. The van der Waals surface area contributed by atoms with Crippen LogP contribution in [0.4, 0.5) is 0 Å². The van der Waals surface area contributed by atoms with Gasteiger partial charge in [0.2, 0.25) is 0 Å². The van der Waals surface area contributed by atoms with Crippen molar-refractivity contribution in [2.24, 2.45) is 0 Å². The van der Waals surface area contributed by atoms with Gasteiger partial charge < -0.3 is 4.74 Å². The average Bonchev–Trinajstić information content (AvgIpc) is 3.14. The minimum absolute atomic E-state index is 0.615. The molecule has 4 rings (SSSR count). The Labute approximate surface area is 163 Å². The van der Waals surface area contributed by atoms with E-state index in [0.29, 0.717) is 6.04 Å². The van der Waals surface area contributed by atoms with Crippen molar-refractivity contribution < 1.29 is 4.74 Å². The lowest BCUT2D eigenvalue weighted by Gasteiger charge is -2.32. The summed E-state index contributed by atoms with van der Waals surface area (Å²) < 4.78 is 6.23. The summed E-state index contributed by atoms with van der Waals surface area (Å²) in [6.07, 6.45) is 6.53. The van der Waals surface area contributed by atoms with Crippen molar-refractivity contribution >= 4 is 0 Å². The highest BCUT2D eigenvalue weighted by Gasteiger charge is 2.30. The average molecular weight is 365 g/mol. The summed E-state index contributed by atoms with van der Waals surface area (Å²) >= 11 is 0. The summed E-state index contributed by atoms with van der Waals surface area (Å²) in [7, 11) is 2.16. The van der Waals surface area contributed by atoms with Crippen LogP contribution in [0.2, 0.25) is 0 Å². The lowest BCUT2D eigenvalue weighted by atomic mass is 10.0. The Morgan fingerprint density at radius 2 is 1.81 bits per heavy atom. The highest BCUT2D eigenvalue weighted by atomic mass is 16.5. The molecule has 1 fully saturated rings. The second-order valence-corrected chi connectivity index (χ2v) is 8.05. The van der Waals surface area contributed by atoms with Crippen molar-refractivity contribution in [1.82, 2.24) is 9.80 Å². The zero-order valence-corrected chi connectivity index (χ0v) is 16.6. The summed E-state index contributed by atoms with van der Waals surface area (Å²) in [5.41, 5.74) is 4.33. The first kappa shape index (κ1) is 18.5. The number of hydrogen-bond acceptors (Lipinski definition) is 3. The third-order valence-corrected chi connectivity index (χ3v) is 6.05. The summed E-state index contributed by atoms with van der Waals surface area (Å²) in [6, 6.07) is 17.9. The van der Waals surface area contributed by atoms with Gasteiger partial charge in [-0.15, -0.1) is 0 Å². The van der Waals surface area contributed by atoms with Gasteiger partial charge in [-0.1, -0.05) is 48.9 Å². The topological polar surface area (TPSA) is 15.7 Å². The van der Waals surface area contributed by atoms with Crippen LogP contribution in [0.5, 0.6) is 5.75 Å². The zero-order chi connectivity index (χ0) is 18.5. The quantitative estimate of drug-likeness (QED) is 0.710. The molecule has 1 saturated heterocycles. The van der Waals surface area contributed by atoms with E-state index in [1.807, 2.05) is 0 Å². The molecule has 1 unspecified atom stereocenters. The van der Waals surface area contributed by atoms with Crippen LogP contribution >= 0.6 is 0 Å². The molecule has 0 aromatic heterocycles. The van der Waals surface area contributed by atoms with Gasteiger partial charge in [0.15, 0.2) is 0 Å². The molecule has 2 aliphatic rings. The van der Waals surface area contributed by atoms with Crippen molar-refractivity contribution in [3.8, 4) is 5.75 Å². The number of fused-ring (bicyclic) bond motifs is 1. The SMILES string of the molecule is CN(CCOc1cccc2c1CCC2N1CCCCC1)Cc1ccccc1. The zero-order valence-electron chi connectivity index (χ0n) is 16.6. The van der Waals surface area contributed by atoms with E-state index < -0.39 is 0 Å². The van der Waals surface area contributed by atoms with Crippen LogP contribution in [0.1, 0.15) is 48.4 Å². The molecule has 1 aliphatic heterocycles. The maximum atomic E-state index is 6.23. The molecule has 3 nitrogen and oxygen atoms in total. The van der Waals surface area contributed by atoms with Crippen LogP contribution in [-0.4, -0.2) is 43.1 Å². The Balaban J connectivity index is 1.33. The van der Waals surface area contributed by atoms with E-state index in [-0.39, 0.29) is 0 Å². The number of likely N-dealkylation sites (N-methyl/N-ethyl adjacent to an activating group) is 1. The molecule has 0 saturated carbocycles. The molecule has 1 heterocycles. The van der Waals surface area contributed by atoms with Crippen LogP contribution in [-0.2, 0) is 13.0 Å². The van der Waals surface area contributed by atoms with Gasteiger partial charge in [0.25, 0.3) is 0 Å². The Bertz CT molecular complexity index is 724. The summed E-state index contributed by atoms with van der Waals surface area (Å²) in [5.74, 6) is 1.11. The van der Waals surface area contributed by atoms with Gasteiger partial charge in [0, 0.05) is 19.1 Å². The lowest BCUT2D eigenvalue weighted by molar-refractivity contribution is 0.163. The maximum absolute atomic E-state index is 6.23. The normalized spacial score (nSPS) is 20.0. The minimum atomic E-state index is 0.615. The fourth-order valence-corrected chi connectivity index (χ4v) is 4.63. The molecular weight excluding hydrogens is 332 g/mol. The second-order valence-electron chi connectivity index (χ2n) is 8.05. The standard InChI is InChI=1S/C24H32N2O/c1-25(19-20-9-4-2-5-10-20)17-18-27-24-12-8-11-21-22(24)13-14-23(21)26-15-6-3-7-16-26/h2,4-5,8-12,23H,3,6-7,13-19H2,1H3. The van der Waals surface area contributed by atoms with Crippen LogP contribution in [0.25, 0.3) is 0 Å². The number of hydrogen-bond donors (Lipinski definition) is 0. The molecule has 2 aromatic carbocycles. The smallest absolute Gasteiger partial charge is 0.122 e. The van der Waals surface area contributed by atoms with E-state index in [4.69, 9.17) is 4.74 Å². The number of likely N-dealkylation sites (tertiary alicyclic amines) is 1. The van der Waals surface area contributed by atoms with Crippen LogP contribution in [0, 0.1) is 0 Å². The van der Waals surface area contributed by atoms with Crippen LogP contribution < -0.4 is 4.74 Å².